The third-order valence-electron chi connectivity index (χ3n) is 4.29. The molecule has 1 aromatic heterocycles. The Morgan fingerprint density at radius 3 is 2.54 bits per heavy atom. The van der Waals surface area contributed by atoms with Crippen molar-refractivity contribution in [3.63, 3.8) is 0 Å². The van der Waals surface area contributed by atoms with Gasteiger partial charge < -0.3 is 14.1 Å². The molecule has 6 heteroatoms. The molecular weight excluding hydrogens is 334 g/mol. The summed E-state index contributed by atoms with van der Waals surface area (Å²) in [5.41, 5.74) is 0.265. The Bertz CT molecular complexity index is 1050. The Morgan fingerprint density at radius 1 is 1.04 bits per heavy atom. The standard InChI is InChI=1S/C20H15NO5/c22-18-6-3-11-21(18)14-7-9-15(10-8-14)25-19(23)16-12-13-4-1-2-5-17(13)26-20(16)24/h1-2,4-5,7-10,12H,3,6,11H2. The van der Waals surface area contributed by atoms with Crippen LogP contribution in [0, 0.1) is 0 Å². The zero-order valence-electron chi connectivity index (χ0n) is 13.8. The molecule has 1 saturated heterocycles. The molecule has 0 atom stereocenters. The number of fused-ring (bicyclic) bond motifs is 1. The first kappa shape index (κ1) is 16.1. The zero-order valence-corrected chi connectivity index (χ0v) is 13.8. The quantitative estimate of drug-likeness (QED) is 0.412. The predicted octanol–water partition coefficient (Wildman–Crippen LogP) is 3.14. The summed E-state index contributed by atoms with van der Waals surface area (Å²) in [5.74, 6) is -0.407. The summed E-state index contributed by atoms with van der Waals surface area (Å²) >= 11 is 0. The highest BCUT2D eigenvalue weighted by Crippen LogP contribution is 2.24. The SMILES string of the molecule is O=C(Oc1ccc(N2CCCC2=O)cc1)c1cc2ccccc2oc1=O. The zero-order chi connectivity index (χ0) is 18.1. The Labute approximate surface area is 148 Å². The molecular formula is C20H15NO5. The van der Waals surface area contributed by atoms with E-state index < -0.39 is 11.6 Å². The van der Waals surface area contributed by atoms with E-state index in [4.69, 9.17) is 9.15 Å². The van der Waals surface area contributed by atoms with E-state index in [1.165, 1.54) is 6.07 Å². The van der Waals surface area contributed by atoms with Crippen molar-refractivity contribution in [2.45, 2.75) is 12.8 Å². The van der Waals surface area contributed by atoms with Gasteiger partial charge in [0.25, 0.3) is 0 Å². The van der Waals surface area contributed by atoms with Crippen molar-refractivity contribution in [2.75, 3.05) is 11.4 Å². The summed E-state index contributed by atoms with van der Waals surface area (Å²) in [7, 11) is 0. The van der Waals surface area contributed by atoms with Gasteiger partial charge in [0.15, 0.2) is 0 Å². The molecule has 3 aromatic rings. The molecule has 0 radical (unpaired) electrons. The molecule has 130 valence electrons. The van der Waals surface area contributed by atoms with Crippen molar-refractivity contribution in [3.8, 4) is 5.75 Å². The van der Waals surface area contributed by atoms with Gasteiger partial charge in [-0.2, -0.15) is 0 Å². The Kier molecular flexibility index (Phi) is 4.01. The highest BCUT2D eigenvalue weighted by molar-refractivity contribution is 5.96. The minimum absolute atomic E-state index is 0.0866. The summed E-state index contributed by atoms with van der Waals surface area (Å²) < 4.78 is 10.4. The van der Waals surface area contributed by atoms with Crippen LogP contribution in [0.25, 0.3) is 11.0 Å². The molecule has 0 saturated carbocycles. The van der Waals surface area contributed by atoms with E-state index in [-0.39, 0.29) is 17.2 Å². The maximum Gasteiger partial charge on any atom is 0.351 e. The van der Waals surface area contributed by atoms with Crippen LogP contribution in [0.4, 0.5) is 5.69 Å². The van der Waals surface area contributed by atoms with E-state index in [1.54, 1.807) is 53.4 Å². The van der Waals surface area contributed by atoms with Crippen molar-refractivity contribution >= 4 is 28.5 Å². The van der Waals surface area contributed by atoms with Crippen molar-refractivity contribution in [1.29, 1.82) is 0 Å². The van der Waals surface area contributed by atoms with Crippen LogP contribution in [0.5, 0.6) is 5.75 Å². The minimum Gasteiger partial charge on any atom is -0.423 e. The second-order valence-electron chi connectivity index (χ2n) is 6.02. The molecule has 26 heavy (non-hydrogen) atoms. The predicted molar refractivity (Wildman–Crippen MR) is 95.5 cm³/mol. The fourth-order valence-corrected chi connectivity index (χ4v) is 2.98. The molecule has 2 heterocycles. The lowest BCUT2D eigenvalue weighted by molar-refractivity contribution is -0.117. The van der Waals surface area contributed by atoms with E-state index in [1.807, 2.05) is 0 Å². The summed E-state index contributed by atoms with van der Waals surface area (Å²) in [6.07, 6.45) is 1.39. The van der Waals surface area contributed by atoms with E-state index in [9.17, 15) is 14.4 Å². The monoisotopic (exact) mass is 349 g/mol. The van der Waals surface area contributed by atoms with Crippen molar-refractivity contribution in [1.82, 2.24) is 0 Å². The average molecular weight is 349 g/mol. The highest BCUT2D eigenvalue weighted by Gasteiger charge is 2.22. The number of carbonyl (C=O) groups is 2. The number of para-hydroxylation sites is 1. The number of anilines is 1. The number of nitrogens with zero attached hydrogens (tertiary/aromatic N) is 1. The first-order valence-corrected chi connectivity index (χ1v) is 8.27. The van der Waals surface area contributed by atoms with Crippen LogP contribution in [-0.4, -0.2) is 18.4 Å². The number of carbonyl (C=O) groups excluding carboxylic acids is 2. The van der Waals surface area contributed by atoms with Gasteiger partial charge in [0, 0.05) is 24.0 Å². The van der Waals surface area contributed by atoms with Crippen LogP contribution >= 0.6 is 0 Å². The molecule has 1 aliphatic heterocycles. The van der Waals surface area contributed by atoms with E-state index in [0.29, 0.717) is 23.9 Å². The lowest BCUT2D eigenvalue weighted by Crippen LogP contribution is -2.23. The summed E-state index contributed by atoms with van der Waals surface area (Å²) in [5, 5.41) is 0.641. The van der Waals surface area contributed by atoms with Gasteiger partial charge in [-0.05, 0) is 42.8 Å². The first-order valence-electron chi connectivity index (χ1n) is 8.27. The molecule has 1 amide bonds. The van der Waals surface area contributed by atoms with Crippen LogP contribution in [0.2, 0.25) is 0 Å². The van der Waals surface area contributed by atoms with Crippen molar-refractivity contribution < 1.29 is 18.7 Å². The summed E-state index contributed by atoms with van der Waals surface area (Å²) in [6.45, 7) is 0.691. The fraction of sp³-hybridized carbons (Fsp3) is 0.150. The maximum atomic E-state index is 12.3. The maximum absolute atomic E-state index is 12.3. The second kappa shape index (κ2) is 6.48. The van der Waals surface area contributed by atoms with Crippen LogP contribution < -0.4 is 15.3 Å². The third-order valence-corrected chi connectivity index (χ3v) is 4.29. The van der Waals surface area contributed by atoms with Crippen molar-refractivity contribution in [2.24, 2.45) is 0 Å². The number of hydrogen-bond donors (Lipinski definition) is 0. The number of hydrogen-bond acceptors (Lipinski definition) is 5. The van der Waals surface area contributed by atoms with E-state index in [0.717, 1.165) is 12.1 Å². The first-order chi connectivity index (χ1) is 12.6. The Morgan fingerprint density at radius 2 is 1.81 bits per heavy atom. The largest absolute Gasteiger partial charge is 0.423 e. The van der Waals surface area contributed by atoms with Crippen LogP contribution in [0.1, 0.15) is 23.2 Å². The van der Waals surface area contributed by atoms with Gasteiger partial charge in [-0.3, -0.25) is 4.79 Å². The van der Waals surface area contributed by atoms with Gasteiger partial charge in [0.05, 0.1) is 0 Å². The Balaban J connectivity index is 1.55. The smallest absolute Gasteiger partial charge is 0.351 e. The number of ether oxygens (including phenoxy) is 1. The summed E-state index contributed by atoms with van der Waals surface area (Å²) in [6, 6.07) is 15.0. The topological polar surface area (TPSA) is 76.8 Å². The molecule has 0 unspecified atom stereocenters. The molecule has 4 rings (SSSR count). The van der Waals surface area contributed by atoms with E-state index in [2.05, 4.69) is 0 Å². The number of benzene rings is 2. The van der Waals surface area contributed by atoms with Gasteiger partial charge in [-0.25, -0.2) is 9.59 Å². The highest BCUT2D eigenvalue weighted by atomic mass is 16.5. The number of esters is 1. The molecule has 6 nitrogen and oxygen atoms in total. The third kappa shape index (κ3) is 2.97. The van der Waals surface area contributed by atoms with Crippen LogP contribution in [0.3, 0.4) is 0 Å². The molecule has 0 bridgehead atoms. The molecule has 1 fully saturated rings. The van der Waals surface area contributed by atoms with Gasteiger partial charge >= 0.3 is 11.6 Å². The fourth-order valence-electron chi connectivity index (χ4n) is 2.98. The number of amides is 1. The van der Waals surface area contributed by atoms with Gasteiger partial charge in [0.1, 0.15) is 16.9 Å². The molecule has 1 aliphatic rings. The lowest BCUT2D eigenvalue weighted by atomic mass is 10.2. The Hall–Kier alpha value is -3.41. The van der Waals surface area contributed by atoms with Gasteiger partial charge in [-0.15, -0.1) is 0 Å². The molecule has 2 aromatic carbocycles. The number of rotatable bonds is 3. The van der Waals surface area contributed by atoms with E-state index >= 15 is 0 Å². The van der Waals surface area contributed by atoms with Crippen molar-refractivity contribution in [3.05, 3.63) is 70.6 Å². The molecule has 0 spiro atoms. The normalized spacial score (nSPS) is 14.0. The minimum atomic E-state index is -0.783. The van der Waals surface area contributed by atoms with Crippen LogP contribution in [0.15, 0.2) is 63.8 Å². The summed E-state index contributed by atoms with van der Waals surface area (Å²) in [4.78, 5) is 37.8. The lowest BCUT2D eigenvalue weighted by Gasteiger charge is -2.15. The molecule has 0 aliphatic carbocycles. The van der Waals surface area contributed by atoms with Gasteiger partial charge in [-0.1, -0.05) is 18.2 Å². The second-order valence-corrected chi connectivity index (χ2v) is 6.02. The van der Waals surface area contributed by atoms with Crippen LogP contribution in [-0.2, 0) is 4.79 Å². The van der Waals surface area contributed by atoms with Gasteiger partial charge in [0.2, 0.25) is 5.91 Å². The average Bonchev–Trinajstić information content (AvgIpc) is 3.07. The molecule has 0 N–H and O–H groups in total.